The van der Waals surface area contributed by atoms with E-state index in [9.17, 15) is 9.18 Å². The Morgan fingerprint density at radius 1 is 1.21 bits per heavy atom. The minimum absolute atomic E-state index is 0.0972. The molecule has 3 rings (SSSR count). The maximum absolute atomic E-state index is 13.9. The third kappa shape index (κ3) is 3.33. The number of amides is 1. The normalized spacial score (nSPS) is 10.9. The number of nitrogens with zero attached hydrogens (tertiary/aromatic N) is 3. The summed E-state index contributed by atoms with van der Waals surface area (Å²) in [5.74, 6) is -0.831. The van der Waals surface area contributed by atoms with Gasteiger partial charge in [0.15, 0.2) is 0 Å². The molecule has 2 aromatic heterocycles. The molecule has 0 unspecified atom stereocenters. The molecule has 1 N–H and O–H groups in total. The van der Waals surface area contributed by atoms with E-state index >= 15 is 0 Å². The Hall–Kier alpha value is -2.99. The van der Waals surface area contributed by atoms with Gasteiger partial charge in [0.05, 0.1) is 23.2 Å². The van der Waals surface area contributed by atoms with Crippen LogP contribution in [0, 0.1) is 5.82 Å². The number of rotatable bonds is 4. The Balaban J connectivity index is 1.77. The number of aromatic nitrogens is 2. The lowest BCUT2D eigenvalue weighted by molar-refractivity contribution is 0.0955. The summed E-state index contributed by atoms with van der Waals surface area (Å²) in [5, 5.41) is 3.99. The quantitative estimate of drug-likeness (QED) is 0.448. The number of nitrogens with one attached hydrogen (secondary N) is 1. The zero-order valence-electron chi connectivity index (χ0n) is 12.4. The highest BCUT2D eigenvalue weighted by Crippen LogP contribution is 2.15. The molecular formula is C17H12ClFN4O. The molecule has 0 saturated carbocycles. The number of carbonyl (C=O) groups excluding carboxylic acids is 1. The molecule has 0 aliphatic rings. The molecule has 0 atom stereocenters. The van der Waals surface area contributed by atoms with Crippen molar-refractivity contribution < 1.29 is 9.18 Å². The zero-order valence-corrected chi connectivity index (χ0v) is 13.1. The molecule has 24 heavy (non-hydrogen) atoms. The lowest BCUT2D eigenvalue weighted by Gasteiger charge is -2.07. The topological polar surface area (TPSA) is 59.3 Å². The smallest absolute Gasteiger partial charge is 0.274 e. The highest BCUT2D eigenvalue weighted by atomic mass is 35.5. The summed E-state index contributed by atoms with van der Waals surface area (Å²) in [6, 6.07) is 13.0. The second-order valence-corrected chi connectivity index (χ2v) is 5.15. The summed E-state index contributed by atoms with van der Waals surface area (Å²) >= 11 is 5.85. The van der Waals surface area contributed by atoms with Crippen LogP contribution < -0.4 is 5.43 Å². The summed E-state index contributed by atoms with van der Waals surface area (Å²) < 4.78 is 15.5. The van der Waals surface area contributed by atoms with Crippen molar-refractivity contribution in [3.8, 4) is 5.69 Å². The molecule has 0 aliphatic heterocycles. The van der Waals surface area contributed by atoms with Crippen LogP contribution in [0.2, 0.25) is 5.15 Å². The van der Waals surface area contributed by atoms with E-state index in [1.54, 1.807) is 53.2 Å². The van der Waals surface area contributed by atoms with E-state index in [0.717, 1.165) is 0 Å². The first-order chi connectivity index (χ1) is 11.7. The summed E-state index contributed by atoms with van der Waals surface area (Å²) in [5.41, 5.74) is 3.60. The largest absolute Gasteiger partial charge is 0.313 e. The number of hydrogen-bond donors (Lipinski definition) is 1. The first-order valence-corrected chi connectivity index (χ1v) is 7.41. The van der Waals surface area contributed by atoms with E-state index < -0.39 is 5.91 Å². The maximum atomic E-state index is 13.9. The van der Waals surface area contributed by atoms with Crippen LogP contribution in [0.15, 0.2) is 66.0 Å². The van der Waals surface area contributed by atoms with Crippen LogP contribution >= 0.6 is 11.6 Å². The van der Waals surface area contributed by atoms with E-state index in [2.05, 4.69) is 15.5 Å². The molecule has 0 aliphatic carbocycles. The molecule has 0 spiro atoms. The fraction of sp³-hybridized carbons (Fsp3) is 0. The molecule has 2 heterocycles. The van der Waals surface area contributed by atoms with Crippen LogP contribution in [0.3, 0.4) is 0 Å². The standard InChI is InChI=1S/C17H12ClFN4O/c18-16-13(6-3-9-20-16)17(24)22-21-11-12-5-4-10-23(12)15-8-2-1-7-14(15)19/h1-11H,(H,22,24). The molecule has 1 amide bonds. The predicted octanol–water partition coefficient (Wildman–Crippen LogP) is 3.43. The van der Waals surface area contributed by atoms with Gasteiger partial charge < -0.3 is 4.57 Å². The van der Waals surface area contributed by atoms with Crippen LogP contribution in [0.1, 0.15) is 16.1 Å². The lowest BCUT2D eigenvalue weighted by Crippen LogP contribution is -2.18. The van der Waals surface area contributed by atoms with E-state index in [1.807, 2.05) is 0 Å². The average Bonchev–Trinajstić information content (AvgIpc) is 3.04. The SMILES string of the molecule is O=C(NN=Cc1cccn1-c1ccccc1F)c1cccnc1Cl. The molecule has 3 aromatic rings. The van der Waals surface area contributed by atoms with Crippen molar-refractivity contribution in [3.05, 3.63) is 83.2 Å². The third-order valence-corrected chi connectivity index (χ3v) is 3.56. The van der Waals surface area contributed by atoms with Gasteiger partial charge in [-0.25, -0.2) is 14.8 Å². The van der Waals surface area contributed by atoms with Gasteiger partial charge in [-0.15, -0.1) is 0 Å². The number of para-hydroxylation sites is 1. The molecule has 7 heteroatoms. The molecule has 120 valence electrons. The fourth-order valence-corrected chi connectivity index (χ4v) is 2.34. The van der Waals surface area contributed by atoms with Gasteiger partial charge in [-0.1, -0.05) is 23.7 Å². The lowest BCUT2D eigenvalue weighted by atomic mass is 10.3. The molecule has 0 fully saturated rings. The zero-order chi connectivity index (χ0) is 16.9. The number of hydrazone groups is 1. The van der Waals surface area contributed by atoms with E-state index in [0.29, 0.717) is 11.4 Å². The van der Waals surface area contributed by atoms with Crippen molar-refractivity contribution in [3.63, 3.8) is 0 Å². The van der Waals surface area contributed by atoms with Gasteiger partial charge in [-0.3, -0.25) is 4.79 Å². The third-order valence-electron chi connectivity index (χ3n) is 3.26. The Bertz CT molecular complexity index is 907. The molecular weight excluding hydrogens is 331 g/mol. The number of pyridine rings is 1. The Kier molecular flexibility index (Phi) is 4.67. The highest BCUT2D eigenvalue weighted by Gasteiger charge is 2.10. The highest BCUT2D eigenvalue weighted by molar-refractivity contribution is 6.32. The van der Waals surface area contributed by atoms with E-state index in [1.165, 1.54) is 18.5 Å². The van der Waals surface area contributed by atoms with E-state index in [-0.39, 0.29) is 16.5 Å². The number of benzene rings is 1. The second-order valence-electron chi connectivity index (χ2n) is 4.80. The van der Waals surface area contributed by atoms with Crippen molar-refractivity contribution in [1.82, 2.24) is 15.0 Å². The average molecular weight is 343 g/mol. The van der Waals surface area contributed by atoms with Crippen LogP contribution in [-0.2, 0) is 0 Å². The van der Waals surface area contributed by atoms with Crippen molar-refractivity contribution in [2.24, 2.45) is 5.10 Å². The molecule has 1 aromatic carbocycles. The number of carbonyl (C=O) groups is 1. The molecule has 0 saturated heterocycles. The summed E-state index contributed by atoms with van der Waals surface area (Å²) in [4.78, 5) is 15.8. The van der Waals surface area contributed by atoms with Crippen LogP contribution in [0.25, 0.3) is 5.69 Å². The monoisotopic (exact) mass is 342 g/mol. The predicted molar refractivity (Wildman–Crippen MR) is 90.0 cm³/mol. The van der Waals surface area contributed by atoms with Crippen LogP contribution in [0.4, 0.5) is 4.39 Å². The summed E-state index contributed by atoms with van der Waals surface area (Å²) in [6.07, 6.45) is 4.62. The van der Waals surface area contributed by atoms with Crippen molar-refractivity contribution in [2.75, 3.05) is 0 Å². The van der Waals surface area contributed by atoms with Crippen molar-refractivity contribution in [2.45, 2.75) is 0 Å². The Morgan fingerprint density at radius 3 is 2.83 bits per heavy atom. The van der Waals surface area contributed by atoms with Gasteiger partial charge in [0.1, 0.15) is 11.0 Å². The van der Waals surface area contributed by atoms with Gasteiger partial charge in [-0.2, -0.15) is 5.10 Å². The van der Waals surface area contributed by atoms with Crippen molar-refractivity contribution in [1.29, 1.82) is 0 Å². The first kappa shape index (κ1) is 15.9. The van der Waals surface area contributed by atoms with Gasteiger partial charge in [-0.05, 0) is 36.4 Å². The molecule has 0 radical (unpaired) electrons. The van der Waals surface area contributed by atoms with Gasteiger partial charge in [0.25, 0.3) is 5.91 Å². The Morgan fingerprint density at radius 2 is 2.04 bits per heavy atom. The maximum Gasteiger partial charge on any atom is 0.274 e. The van der Waals surface area contributed by atoms with Gasteiger partial charge in [0, 0.05) is 12.4 Å². The second kappa shape index (κ2) is 7.06. The van der Waals surface area contributed by atoms with Crippen LogP contribution in [-0.4, -0.2) is 21.7 Å². The summed E-state index contributed by atoms with van der Waals surface area (Å²) in [7, 11) is 0. The number of halogens is 2. The fourth-order valence-electron chi connectivity index (χ4n) is 2.14. The minimum Gasteiger partial charge on any atom is -0.313 e. The summed E-state index contributed by atoms with van der Waals surface area (Å²) in [6.45, 7) is 0. The van der Waals surface area contributed by atoms with Crippen molar-refractivity contribution >= 4 is 23.7 Å². The minimum atomic E-state index is -0.478. The number of hydrogen-bond acceptors (Lipinski definition) is 3. The van der Waals surface area contributed by atoms with Gasteiger partial charge >= 0.3 is 0 Å². The Labute approximate surface area is 142 Å². The molecule has 5 nitrogen and oxygen atoms in total. The molecule has 0 bridgehead atoms. The van der Waals surface area contributed by atoms with Crippen LogP contribution in [0.5, 0.6) is 0 Å². The first-order valence-electron chi connectivity index (χ1n) is 7.03. The van der Waals surface area contributed by atoms with E-state index in [4.69, 9.17) is 11.6 Å². The van der Waals surface area contributed by atoms with Gasteiger partial charge in [0.2, 0.25) is 0 Å².